The third-order valence-electron chi connectivity index (χ3n) is 8.12. The van der Waals surface area contributed by atoms with Crippen molar-refractivity contribution in [3.05, 3.63) is 36.5 Å². The van der Waals surface area contributed by atoms with Crippen LogP contribution in [0.4, 0.5) is 0 Å². The minimum Gasteiger partial charge on any atom is -0.394 e. The summed E-state index contributed by atoms with van der Waals surface area (Å²) in [4.78, 5) is 12.3. The quantitative estimate of drug-likeness (QED) is 0.0540. The monoisotopic (exact) mass is 590 g/mol. The van der Waals surface area contributed by atoms with Gasteiger partial charge in [0, 0.05) is 6.42 Å². The topological polar surface area (TPSA) is 69.6 Å². The van der Waals surface area contributed by atoms with Crippen LogP contribution in [0.2, 0.25) is 0 Å². The molecule has 0 saturated heterocycles. The second kappa shape index (κ2) is 34.1. The van der Waals surface area contributed by atoms with E-state index in [1.54, 1.807) is 6.08 Å². The van der Waals surface area contributed by atoms with Gasteiger partial charge in [-0.3, -0.25) is 4.79 Å². The van der Waals surface area contributed by atoms with Gasteiger partial charge in [-0.25, -0.2) is 0 Å². The maximum absolute atomic E-state index is 12.3. The van der Waals surface area contributed by atoms with E-state index in [1.165, 1.54) is 128 Å². The Morgan fingerprint density at radius 1 is 0.571 bits per heavy atom. The number of aliphatic hydroxyl groups excluding tert-OH is 2. The molecule has 0 heterocycles. The van der Waals surface area contributed by atoms with Crippen molar-refractivity contribution >= 4 is 5.91 Å². The van der Waals surface area contributed by atoms with Gasteiger partial charge in [0.25, 0.3) is 0 Å². The molecule has 1 amide bonds. The number of unbranched alkanes of at least 4 members (excludes halogenated alkanes) is 21. The first-order valence-corrected chi connectivity index (χ1v) is 18.2. The number of carbonyl (C=O) groups excluding carboxylic acids is 1. The van der Waals surface area contributed by atoms with E-state index in [9.17, 15) is 15.0 Å². The van der Waals surface area contributed by atoms with Crippen molar-refractivity contribution < 1.29 is 15.0 Å². The van der Waals surface area contributed by atoms with Crippen molar-refractivity contribution in [3.63, 3.8) is 0 Å². The molecule has 3 N–H and O–H groups in total. The lowest BCUT2D eigenvalue weighted by molar-refractivity contribution is -0.123. The molecule has 0 aromatic carbocycles. The molecule has 0 saturated carbocycles. The van der Waals surface area contributed by atoms with Crippen molar-refractivity contribution in [2.45, 2.75) is 193 Å². The SMILES string of the molecule is CCCCCCC/C=C\C/C=C\CCCCCCCCCCCC(=O)NC(CO)C(O)/C=C/CCCCCCCCC. The fourth-order valence-electron chi connectivity index (χ4n) is 5.26. The number of hydrogen-bond acceptors (Lipinski definition) is 3. The number of rotatable bonds is 32. The lowest BCUT2D eigenvalue weighted by Crippen LogP contribution is -2.45. The molecule has 4 nitrogen and oxygen atoms in total. The highest BCUT2D eigenvalue weighted by molar-refractivity contribution is 5.76. The largest absolute Gasteiger partial charge is 0.394 e. The van der Waals surface area contributed by atoms with Gasteiger partial charge in [0.05, 0.1) is 18.8 Å². The molecule has 0 fully saturated rings. The van der Waals surface area contributed by atoms with Crippen molar-refractivity contribution in [1.29, 1.82) is 0 Å². The Kier molecular flexibility index (Phi) is 33.0. The van der Waals surface area contributed by atoms with Crippen LogP contribution in [0.15, 0.2) is 36.5 Å². The van der Waals surface area contributed by atoms with E-state index in [0.29, 0.717) is 6.42 Å². The molecule has 0 bridgehead atoms. The van der Waals surface area contributed by atoms with E-state index < -0.39 is 12.1 Å². The highest BCUT2D eigenvalue weighted by Gasteiger charge is 2.17. The smallest absolute Gasteiger partial charge is 0.220 e. The number of carbonyl (C=O) groups is 1. The lowest BCUT2D eigenvalue weighted by atomic mass is 10.0. The average molecular weight is 590 g/mol. The van der Waals surface area contributed by atoms with E-state index in [-0.39, 0.29) is 12.5 Å². The van der Waals surface area contributed by atoms with Gasteiger partial charge in [0.2, 0.25) is 5.91 Å². The van der Waals surface area contributed by atoms with Crippen LogP contribution < -0.4 is 5.32 Å². The molecule has 4 heteroatoms. The summed E-state index contributed by atoms with van der Waals surface area (Å²) in [6.45, 7) is 4.25. The van der Waals surface area contributed by atoms with Gasteiger partial charge >= 0.3 is 0 Å². The predicted molar refractivity (Wildman–Crippen MR) is 184 cm³/mol. The fraction of sp³-hybridized carbons (Fsp3) is 0.816. The first-order valence-electron chi connectivity index (χ1n) is 18.2. The molecule has 0 radical (unpaired) electrons. The summed E-state index contributed by atoms with van der Waals surface area (Å²) in [5.41, 5.74) is 0. The summed E-state index contributed by atoms with van der Waals surface area (Å²) in [6.07, 6.45) is 43.7. The van der Waals surface area contributed by atoms with Crippen LogP contribution in [0.25, 0.3) is 0 Å². The van der Waals surface area contributed by atoms with Crippen LogP contribution in [0.5, 0.6) is 0 Å². The van der Waals surface area contributed by atoms with Crippen LogP contribution in [0.3, 0.4) is 0 Å². The molecule has 0 spiro atoms. The minimum absolute atomic E-state index is 0.0727. The average Bonchev–Trinajstić information content (AvgIpc) is 2.99. The summed E-state index contributed by atoms with van der Waals surface area (Å²) in [7, 11) is 0. The predicted octanol–water partition coefficient (Wildman–Crippen LogP) is 10.7. The lowest BCUT2D eigenvalue weighted by Gasteiger charge is -2.20. The van der Waals surface area contributed by atoms with Crippen molar-refractivity contribution in [2.75, 3.05) is 6.61 Å². The molecule has 0 aromatic heterocycles. The Hall–Kier alpha value is -1.39. The molecular weight excluding hydrogens is 518 g/mol. The Balaban J connectivity index is 3.58. The van der Waals surface area contributed by atoms with Gasteiger partial charge < -0.3 is 15.5 Å². The van der Waals surface area contributed by atoms with Gasteiger partial charge in [-0.2, -0.15) is 0 Å². The highest BCUT2D eigenvalue weighted by atomic mass is 16.3. The van der Waals surface area contributed by atoms with E-state index >= 15 is 0 Å². The zero-order valence-corrected chi connectivity index (χ0v) is 28.0. The molecular formula is C38H71NO3. The summed E-state index contributed by atoms with van der Waals surface area (Å²) in [5, 5.41) is 22.8. The van der Waals surface area contributed by atoms with Gasteiger partial charge in [-0.1, -0.05) is 159 Å². The maximum atomic E-state index is 12.3. The summed E-state index contributed by atoms with van der Waals surface area (Å²) >= 11 is 0. The number of nitrogens with one attached hydrogen (secondary N) is 1. The number of amides is 1. The third-order valence-corrected chi connectivity index (χ3v) is 8.12. The second-order valence-electron chi connectivity index (χ2n) is 12.3. The molecule has 2 atom stereocenters. The third kappa shape index (κ3) is 30.1. The number of allylic oxidation sites excluding steroid dienone is 5. The first-order chi connectivity index (χ1) is 20.7. The second-order valence-corrected chi connectivity index (χ2v) is 12.3. The fourth-order valence-corrected chi connectivity index (χ4v) is 5.26. The van der Waals surface area contributed by atoms with Crippen LogP contribution >= 0.6 is 0 Å². The van der Waals surface area contributed by atoms with Crippen LogP contribution in [-0.2, 0) is 4.79 Å². The summed E-state index contributed by atoms with van der Waals surface area (Å²) in [5.74, 6) is -0.0727. The van der Waals surface area contributed by atoms with E-state index in [2.05, 4.69) is 43.5 Å². The van der Waals surface area contributed by atoms with E-state index in [1.807, 2.05) is 6.08 Å². The Labute approximate surface area is 261 Å². The number of hydrogen-bond donors (Lipinski definition) is 3. The van der Waals surface area contributed by atoms with Crippen molar-refractivity contribution in [1.82, 2.24) is 5.32 Å². The normalized spacial score (nSPS) is 13.5. The zero-order valence-electron chi connectivity index (χ0n) is 28.0. The zero-order chi connectivity index (χ0) is 30.8. The Morgan fingerprint density at radius 2 is 0.976 bits per heavy atom. The van der Waals surface area contributed by atoms with E-state index in [4.69, 9.17) is 0 Å². The molecule has 246 valence electrons. The highest BCUT2D eigenvalue weighted by Crippen LogP contribution is 2.13. The summed E-state index contributed by atoms with van der Waals surface area (Å²) in [6, 6.07) is -0.620. The van der Waals surface area contributed by atoms with E-state index in [0.717, 1.165) is 32.1 Å². The van der Waals surface area contributed by atoms with Crippen LogP contribution in [0, 0.1) is 0 Å². The van der Waals surface area contributed by atoms with Gasteiger partial charge in [0.1, 0.15) is 0 Å². The summed E-state index contributed by atoms with van der Waals surface area (Å²) < 4.78 is 0. The van der Waals surface area contributed by atoms with Crippen molar-refractivity contribution in [3.8, 4) is 0 Å². The Bertz CT molecular complexity index is 642. The molecule has 0 aliphatic rings. The molecule has 0 aliphatic carbocycles. The van der Waals surface area contributed by atoms with Crippen LogP contribution in [0.1, 0.15) is 181 Å². The molecule has 2 unspecified atom stereocenters. The van der Waals surface area contributed by atoms with Gasteiger partial charge in [-0.05, 0) is 51.4 Å². The van der Waals surface area contributed by atoms with Gasteiger partial charge in [-0.15, -0.1) is 0 Å². The first kappa shape index (κ1) is 40.6. The maximum Gasteiger partial charge on any atom is 0.220 e. The minimum atomic E-state index is -0.837. The molecule has 42 heavy (non-hydrogen) atoms. The van der Waals surface area contributed by atoms with Crippen LogP contribution in [-0.4, -0.2) is 34.9 Å². The number of aliphatic hydroxyl groups is 2. The molecule has 0 rings (SSSR count). The Morgan fingerprint density at radius 3 is 1.43 bits per heavy atom. The molecule has 0 aromatic rings. The van der Waals surface area contributed by atoms with Crippen molar-refractivity contribution in [2.24, 2.45) is 0 Å². The molecule has 0 aliphatic heterocycles. The van der Waals surface area contributed by atoms with Gasteiger partial charge in [0.15, 0.2) is 0 Å². The standard InChI is InChI=1S/C38H71NO3/c1-3-5-7-9-11-13-14-15-16-17-18-19-20-21-22-23-24-26-28-30-32-34-38(42)39-36(35-40)37(41)33-31-29-27-25-12-10-8-6-4-2/h14-15,17-18,31,33,36-37,40-41H,3-13,16,19-30,32,34-35H2,1-2H3,(H,39,42)/b15-14-,18-17-,33-31+.